The normalized spacial score (nSPS) is 12.0. The van der Waals surface area contributed by atoms with E-state index in [0.29, 0.717) is 0 Å². The topological polar surface area (TPSA) is 24.8 Å². The van der Waals surface area contributed by atoms with E-state index in [2.05, 4.69) is 50.6 Å². The summed E-state index contributed by atoms with van der Waals surface area (Å²) in [7, 11) is 2.99. The van der Waals surface area contributed by atoms with Crippen LogP contribution in [-0.2, 0) is 0 Å². The van der Waals surface area contributed by atoms with E-state index in [-0.39, 0.29) is 0 Å². The molecular weight excluding hydrogens is 276 g/mol. The van der Waals surface area contributed by atoms with Crippen molar-refractivity contribution in [2.45, 2.75) is 46.0 Å². The standard InChI is InChI=1S/C17H30N2OSi/c1-14-12-17(20-9-8-10-21(5,6)7)15(2)11-16(14)18-13-19(3)4/h11-13H,8-10H2,1-7H3/b18-13+. The summed E-state index contributed by atoms with van der Waals surface area (Å²) in [5.74, 6) is 0.992. The summed E-state index contributed by atoms with van der Waals surface area (Å²) in [6.45, 7) is 12.2. The summed E-state index contributed by atoms with van der Waals surface area (Å²) >= 11 is 0. The Hall–Kier alpha value is -1.29. The highest BCUT2D eigenvalue weighted by molar-refractivity contribution is 6.76. The maximum absolute atomic E-state index is 5.95. The predicted molar refractivity (Wildman–Crippen MR) is 96.0 cm³/mol. The van der Waals surface area contributed by atoms with Crippen molar-refractivity contribution >= 4 is 20.1 Å². The highest BCUT2D eigenvalue weighted by Crippen LogP contribution is 2.28. The molecule has 0 saturated heterocycles. The van der Waals surface area contributed by atoms with Crippen LogP contribution in [0.25, 0.3) is 0 Å². The van der Waals surface area contributed by atoms with Gasteiger partial charge < -0.3 is 9.64 Å². The van der Waals surface area contributed by atoms with Gasteiger partial charge in [-0.3, -0.25) is 0 Å². The Kier molecular flexibility index (Phi) is 6.46. The molecule has 0 heterocycles. The lowest BCUT2D eigenvalue weighted by molar-refractivity contribution is 0.314. The molecule has 0 radical (unpaired) electrons. The van der Waals surface area contributed by atoms with E-state index in [0.717, 1.165) is 35.6 Å². The third-order valence-corrected chi connectivity index (χ3v) is 5.10. The number of rotatable bonds is 7. The number of aryl methyl sites for hydroxylation is 2. The molecule has 118 valence electrons. The lowest BCUT2D eigenvalue weighted by Gasteiger charge is -2.16. The van der Waals surface area contributed by atoms with Gasteiger partial charge in [-0.1, -0.05) is 25.7 Å². The molecule has 0 aromatic heterocycles. The first-order valence-corrected chi connectivity index (χ1v) is 11.3. The Morgan fingerprint density at radius 1 is 1.14 bits per heavy atom. The second kappa shape index (κ2) is 7.64. The van der Waals surface area contributed by atoms with E-state index >= 15 is 0 Å². The van der Waals surface area contributed by atoms with Gasteiger partial charge in [-0.25, -0.2) is 4.99 Å². The molecule has 3 nitrogen and oxygen atoms in total. The molecule has 0 fully saturated rings. The first kappa shape index (κ1) is 17.8. The molecule has 0 amide bonds. The van der Waals surface area contributed by atoms with Gasteiger partial charge in [0.1, 0.15) is 5.75 Å². The molecule has 0 atom stereocenters. The van der Waals surface area contributed by atoms with E-state index in [1.165, 1.54) is 6.04 Å². The third kappa shape index (κ3) is 6.80. The zero-order chi connectivity index (χ0) is 16.0. The lowest BCUT2D eigenvalue weighted by atomic mass is 10.1. The fraction of sp³-hybridized carbons (Fsp3) is 0.588. The Labute approximate surface area is 131 Å². The summed E-state index contributed by atoms with van der Waals surface area (Å²) < 4.78 is 5.95. The van der Waals surface area contributed by atoms with Crippen LogP contribution in [0, 0.1) is 13.8 Å². The van der Waals surface area contributed by atoms with E-state index in [9.17, 15) is 0 Å². The minimum atomic E-state index is -0.954. The fourth-order valence-electron chi connectivity index (χ4n) is 2.03. The van der Waals surface area contributed by atoms with Crippen LogP contribution in [0.5, 0.6) is 5.75 Å². The van der Waals surface area contributed by atoms with Gasteiger partial charge in [0.2, 0.25) is 0 Å². The molecule has 21 heavy (non-hydrogen) atoms. The Morgan fingerprint density at radius 3 is 2.38 bits per heavy atom. The summed E-state index contributed by atoms with van der Waals surface area (Å²) in [6.07, 6.45) is 2.98. The van der Waals surface area contributed by atoms with Crippen LogP contribution in [0.4, 0.5) is 5.69 Å². The van der Waals surface area contributed by atoms with Crippen LogP contribution < -0.4 is 4.74 Å². The Morgan fingerprint density at radius 2 is 1.81 bits per heavy atom. The molecule has 1 rings (SSSR count). The van der Waals surface area contributed by atoms with Crippen molar-refractivity contribution < 1.29 is 4.74 Å². The summed E-state index contributed by atoms with van der Waals surface area (Å²) in [4.78, 5) is 6.43. The second-order valence-corrected chi connectivity index (χ2v) is 12.7. The molecular formula is C17H30N2OSi. The van der Waals surface area contributed by atoms with Crippen LogP contribution in [0.1, 0.15) is 17.5 Å². The number of hydrogen-bond acceptors (Lipinski definition) is 2. The summed E-state index contributed by atoms with van der Waals surface area (Å²) in [5, 5.41) is 0. The quantitative estimate of drug-likeness (QED) is 0.317. The SMILES string of the molecule is Cc1cc(OCCC[Si](C)(C)C)c(C)cc1/N=C/N(C)C. The number of aliphatic imine (C=N–C) groups is 1. The monoisotopic (exact) mass is 306 g/mol. The molecule has 4 heteroatoms. The van der Waals surface area contributed by atoms with Gasteiger partial charge >= 0.3 is 0 Å². The summed E-state index contributed by atoms with van der Waals surface area (Å²) in [6, 6.07) is 5.52. The number of benzene rings is 1. The maximum Gasteiger partial charge on any atom is 0.122 e. The molecule has 0 aliphatic rings. The van der Waals surface area contributed by atoms with Gasteiger partial charge in [0.05, 0.1) is 18.6 Å². The molecule has 0 unspecified atom stereocenters. The Bertz CT molecular complexity index is 490. The highest BCUT2D eigenvalue weighted by Gasteiger charge is 2.12. The molecule has 1 aromatic rings. The first-order chi connectivity index (χ1) is 9.69. The summed E-state index contributed by atoms with van der Waals surface area (Å²) in [5.41, 5.74) is 3.31. The molecule has 0 aliphatic carbocycles. The smallest absolute Gasteiger partial charge is 0.122 e. The van der Waals surface area contributed by atoms with Crippen LogP contribution in [0.3, 0.4) is 0 Å². The molecule has 0 aliphatic heterocycles. The minimum absolute atomic E-state index is 0.810. The lowest BCUT2D eigenvalue weighted by Crippen LogP contribution is -2.20. The van der Waals surface area contributed by atoms with Gasteiger partial charge in [-0.05, 0) is 43.5 Å². The van der Waals surface area contributed by atoms with Crippen molar-refractivity contribution in [3.8, 4) is 5.75 Å². The van der Waals surface area contributed by atoms with Gasteiger partial charge in [0.25, 0.3) is 0 Å². The Balaban J connectivity index is 2.67. The molecule has 0 saturated carbocycles. The van der Waals surface area contributed by atoms with Crippen molar-refractivity contribution in [1.82, 2.24) is 4.90 Å². The second-order valence-electron chi connectivity index (χ2n) is 7.13. The molecule has 0 bridgehead atoms. The predicted octanol–water partition coefficient (Wildman–Crippen LogP) is 4.63. The zero-order valence-electron chi connectivity index (χ0n) is 14.7. The highest BCUT2D eigenvalue weighted by atomic mass is 28.3. The zero-order valence-corrected chi connectivity index (χ0v) is 15.7. The molecule has 0 N–H and O–H groups in total. The molecule has 0 spiro atoms. The van der Waals surface area contributed by atoms with Gasteiger partial charge in [0.15, 0.2) is 0 Å². The van der Waals surface area contributed by atoms with Gasteiger partial charge in [-0.15, -0.1) is 0 Å². The number of hydrogen-bond donors (Lipinski definition) is 0. The van der Waals surface area contributed by atoms with E-state index < -0.39 is 8.07 Å². The fourth-order valence-corrected chi connectivity index (χ4v) is 3.24. The third-order valence-electron chi connectivity index (χ3n) is 3.25. The average molecular weight is 307 g/mol. The molecule has 1 aromatic carbocycles. The van der Waals surface area contributed by atoms with Crippen LogP contribution >= 0.6 is 0 Å². The van der Waals surface area contributed by atoms with Crippen molar-refractivity contribution in [3.05, 3.63) is 23.3 Å². The first-order valence-electron chi connectivity index (χ1n) is 7.64. The van der Waals surface area contributed by atoms with Gasteiger partial charge in [-0.2, -0.15) is 0 Å². The number of ether oxygens (including phenoxy) is 1. The van der Waals surface area contributed by atoms with Crippen molar-refractivity contribution in [2.24, 2.45) is 4.99 Å². The number of nitrogens with zero attached hydrogens (tertiary/aromatic N) is 2. The minimum Gasteiger partial charge on any atom is -0.493 e. The van der Waals surface area contributed by atoms with Crippen molar-refractivity contribution in [1.29, 1.82) is 0 Å². The van der Waals surface area contributed by atoms with Crippen LogP contribution in [0.2, 0.25) is 25.7 Å². The maximum atomic E-state index is 5.95. The van der Waals surface area contributed by atoms with E-state index in [1.54, 1.807) is 0 Å². The van der Waals surface area contributed by atoms with E-state index in [4.69, 9.17) is 4.74 Å². The van der Waals surface area contributed by atoms with Crippen molar-refractivity contribution in [2.75, 3.05) is 20.7 Å². The van der Waals surface area contributed by atoms with E-state index in [1.807, 2.05) is 25.3 Å². The van der Waals surface area contributed by atoms with Crippen molar-refractivity contribution in [3.63, 3.8) is 0 Å². The van der Waals surface area contributed by atoms with Crippen LogP contribution in [0.15, 0.2) is 17.1 Å². The van der Waals surface area contributed by atoms with Crippen LogP contribution in [-0.4, -0.2) is 40.0 Å². The largest absolute Gasteiger partial charge is 0.493 e. The van der Waals surface area contributed by atoms with Gasteiger partial charge in [0, 0.05) is 22.2 Å². The average Bonchev–Trinajstić information content (AvgIpc) is 2.35.